The van der Waals surface area contributed by atoms with Crippen LogP contribution >= 0.6 is 11.6 Å². The molecule has 0 aliphatic heterocycles. The molecule has 1 aromatic carbocycles. The molecule has 4 heteroatoms. The Balaban J connectivity index is 1.98. The summed E-state index contributed by atoms with van der Waals surface area (Å²) in [7, 11) is 1.87. The van der Waals surface area contributed by atoms with Crippen LogP contribution in [0.4, 0.5) is 0 Å². The Morgan fingerprint density at radius 2 is 2.06 bits per heavy atom. The monoisotopic (exact) mass is 250 g/mol. The lowest BCUT2D eigenvalue weighted by molar-refractivity contribution is 0.174. The molecule has 90 valence electrons. The summed E-state index contributed by atoms with van der Waals surface area (Å²) >= 11 is 6.04. The fourth-order valence-electron chi connectivity index (χ4n) is 1.80. The molecule has 0 spiro atoms. The van der Waals surface area contributed by atoms with Gasteiger partial charge in [-0.2, -0.15) is 5.10 Å². The summed E-state index contributed by atoms with van der Waals surface area (Å²) in [5.41, 5.74) is 1.87. The van der Waals surface area contributed by atoms with Gasteiger partial charge in [-0.3, -0.25) is 4.68 Å². The molecule has 0 aliphatic carbocycles. The van der Waals surface area contributed by atoms with Gasteiger partial charge in [0, 0.05) is 31.1 Å². The molecule has 1 aromatic heterocycles. The number of aliphatic hydroxyl groups excluding tert-OH is 1. The van der Waals surface area contributed by atoms with E-state index in [1.165, 1.54) is 0 Å². The van der Waals surface area contributed by atoms with E-state index in [1.54, 1.807) is 4.68 Å². The Labute approximate surface area is 106 Å². The van der Waals surface area contributed by atoms with Crippen LogP contribution in [-0.2, 0) is 19.9 Å². The van der Waals surface area contributed by atoms with Crippen LogP contribution in [0.15, 0.2) is 36.5 Å². The fourth-order valence-corrected chi connectivity index (χ4v) is 2.02. The highest BCUT2D eigenvalue weighted by Gasteiger charge is 2.10. The van der Waals surface area contributed by atoms with Gasteiger partial charge in [-0.05, 0) is 17.7 Å². The van der Waals surface area contributed by atoms with Gasteiger partial charge in [0.05, 0.1) is 11.8 Å². The second-order valence-electron chi connectivity index (χ2n) is 4.13. The molecule has 0 radical (unpaired) electrons. The highest BCUT2D eigenvalue weighted by atomic mass is 35.5. The average Bonchev–Trinajstić information content (AvgIpc) is 2.67. The Morgan fingerprint density at radius 3 is 2.71 bits per heavy atom. The number of rotatable bonds is 4. The number of hydrogen-bond acceptors (Lipinski definition) is 2. The van der Waals surface area contributed by atoms with Crippen molar-refractivity contribution in [3.05, 3.63) is 52.8 Å². The van der Waals surface area contributed by atoms with Crippen molar-refractivity contribution in [3.8, 4) is 0 Å². The number of hydrogen-bond donors (Lipinski definition) is 1. The third-order valence-corrected chi connectivity index (χ3v) is 3.00. The molecule has 1 atom stereocenters. The lowest BCUT2D eigenvalue weighted by Gasteiger charge is -2.10. The van der Waals surface area contributed by atoms with Crippen LogP contribution in [0.3, 0.4) is 0 Å². The van der Waals surface area contributed by atoms with Crippen molar-refractivity contribution in [2.45, 2.75) is 18.9 Å². The lowest BCUT2D eigenvalue weighted by atomic mass is 10.0. The van der Waals surface area contributed by atoms with Gasteiger partial charge in [0.25, 0.3) is 0 Å². The van der Waals surface area contributed by atoms with Crippen molar-refractivity contribution >= 4 is 11.6 Å². The highest BCUT2D eigenvalue weighted by Crippen LogP contribution is 2.17. The van der Waals surface area contributed by atoms with E-state index in [0.29, 0.717) is 17.9 Å². The van der Waals surface area contributed by atoms with Crippen LogP contribution in [0.1, 0.15) is 11.3 Å². The van der Waals surface area contributed by atoms with Crippen molar-refractivity contribution in [1.29, 1.82) is 0 Å². The summed E-state index contributed by atoms with van der Waals surface area (Å²) in [5.74, 6) is 0. The fraction of sp³-hybridized carbons (Fsp3) is 0.308. The van der Waals surface area contributed by atoms with E-state index >= 15 is 0 Å². The van der Waals surface area contributed by atoms with Gasteiger partial charge in [0.15, 0.2) is 0 Å². The quantitative estimate of drug-likeness (QED) is 0.904. The predicted octanol–water partition coefficient (Wildman–Crippen LogP) is 2.22. The smallest absolute Gasteiger partial charge is 0.0650 e. The van der Waals surface area contributed by atoms with Crippen molar-refractivity contribution in [3.63, 3.8) is 0 Å². The first-order chi connectivity index (χ1) is 8.15. The highest BCUT2D eigenvalue weighted by molar-refractivity contribution is 6.31. The third-order valence-electron chi connectivity index (χ3n) is 2.63. The molecule has 2 rings (SSSR count). The van der Waals surface area contributed by atoms with Crippen LogP contribution in [-0.4, -0.2) is 21.0 Å². The van der Waals surface area contributed by atoms with Gasteiger partial charge in [-0.25, -0.2) is 0 Å². The summed E-state index contributed by atoms with van der Waals surface area (Å²) in [5, 5.41) is 14.9. The van der Waals surface area contributed by atoms with Gasteiger partial charge >= 0.3 is 0 Å². The summed E-state index contributed by atoms with van der Waals surface area (Å²) in [6.45, 7) is 0. The van der Waals surface area contributed by atoms with Crippen LogP contribution in [0.5, 0.6) is 0 Å². The average molecular weight is 251 g/mol. The molecule has 0 aliphatic rings. The van der Waals surface area contributed by atoms with Gasteiger partial charge in [-0.15, -0.1) is 0 Å². The Bertz CT molecular complexity index is 496. The van der Waals surface area contributed by atoms with Gasteiger partial charge in [0.2, 0.25) is 0 Å². The Kier molecular flexibility index (Phi) is 3.82. The van der Waals surface area contributed by atoms with Crippen molar-refractivity contribution in [2.75, 3.05) is 0 Å². The molecule has 0 bridgehead atoms. The molecule has 1 N–H and O–H groups in total. The minimum Gasteiger partial charge on any atom is -0.392 e. The van der Waals surface area contributed by atoms with E-state index in [0.717, 1.165) is 11.3 Å². The van der Waals surface area contributed by atoms with Crippen molar-refractivity contribution in [1.82, 2.24) is 9.78 Å². The Hall–Kier alpha value is -1.32. The maximum Gasteiger partial charge on any atom is 0.0650 e. The van der Waals surface area contributed by atoms with E-state index in [-0.39, 0.29) is 0 Å². The largest absolute Gasteiger partial charge is 0.392 e. The molecule has 17 heavy (non-hydrogen) atoms. The zero-order chi connectivity index (χ0) is 12.3. The summed E-state index contributed by atoms with van der Waals surface area (Å²) < 4.78 is 1.73. The van der Waals surface area contributed by atoms with E-state index in [4.69, 9.17) is 11.6 Å². The van der Waals surface area contributed by atoms with Crippen molar-refractivity contribution in [2.24, 2.45) is 7.05 Å². The summed E-state index contributed by atoms with van der Waals surface area (Å²) in [4.78, 5) is 0. The second kappa shape index (κ2) is 5.34. The number of aromatic nitrogens is 2. The maximum atomic E-state index is 9.98. The SMILES string of the molecule is Cn1ccc(CC(O)Cc2ccccc2Cl)n1. The minimum absolute atomic E-state index is 0.454. The molecule has 3 nitrogen and oxygen atoms in total. The Morgan fingerprint density at radius 1 is 1.29 bits per heavy atom. The molecule has 0 fully saturated rings. The van der Waals surface area contributed by atoms with E-state index in [1.807, 2.05) is 43.6 Å². The molecule has 0 saturated carbocycles. The van der Waals surface area contributed by atoms with Gasteiger partial charge < -0.3 is 5.11 Å². The number of nitrogens with zero attached hydrogens (tertiary/aromatic N) is 2. The second-order valence-corrected chi connectivity index (χ2v) is 4.54. The third kappa shape index (κ3) is 3.32. The molecule has 2 aromatic rings. The molecule has 0 amide bonds. The first-order valence-electron chi connectivity index (χ1n) is 5.55. The maximum absolute atomic E-state index is 9.98. The lowest BCUT2D eigenvalue weighted by Crippen LogP contribution is -2.14. The van der Waals surface area contributed by atoms with E-state index in [9.17, 15) is 5.11 Å². The van der Waals surface area contributed by atoms with Crippen LogP contribution < -0.4 is 0 Å². The van der Waals surface area contributed by atoms with Gasteiger partial charge in [0.1, 0.15) is 0 Å². The number of aliphatic hydroxyl groups is 1. The molecule has 1 unspecified atom stereocenters. The van der Waals surface area contributed by atoms with Crippen LogP contribution in [0.2, 0.25) is 5.02 Å². The standard InChI is InChI=1S/C13H15ClN2O/c1-16-7-6-11(15-16)9-12(17)8-10-4-2-3-5-13(10)14/h2-7,12,17H,8-9H2,1H3. The summed E-state index contributed by atoms with van der Waals surface area (Å²) in [6.07, 6.45) is 2.52. The zero-order valence-corrected chi connectivity index (χ0v) is 10.4. The normalized spacial score (nSPS) is 12.6. The molecular formula is C13H15ClN2O. The topological polar surface area (TPSA) is 38.0 Å². The number of benzene rings is 1. The number of halogens is 1. The van der Waals surface area contributed by atoms with E-state index < -0.39 is 6.10 Å². The van der Waals surface area contributed by atoms with Crippen LogP contribution in [0.25, 0.3) is 0 Å². The predicted molar refractivity (Wildman–Crippen MR) is 68.1 cm³/mol. The zero-order valence-electron chi connectivity index (χ0n) is 9.68. The number of aryl methyl sites for hydroxylation is 1. The molecule has 0 saturated heterocycles. The molecule has 1 heterocycles. The minimum atomic E-state index is -0.454. The first-order valence-corrected chi connectivity index (χ1v) is 5.93. The van der Waals surface area contributed by atoms with Crippen molar-refractivity contribution < 1.29 is 5.11 Å². The van der Waals surface area contributed by atoms with Gasteiger partial charge in [-0.1, -0.05) is 29.8 Å². The summed E-state index contributed by atoms with van der Waals surface area (Å²) in [6, 6.07) is 9.50. The molecular weight excluding hydrogens is 236 g/mol. The van der Waals surface area contributed by atoms with Crippen LogP contribution in [0, 0.1) is 0 Å². The first kappa shape index (κ1) is 12.1. The van der Waals surface area contributed by atoms with E-state index in [2.05, 4.69) is 5.10 Å².